The Morgan fingerprint density at radius 1 is 1.13 bits per heavy atom. The Balaban J connectivity index is 1.28. The van der Waals surface area contributed by atoms with Gasteiger partial charge in [-0.15, -0.1) is 10.2 Å². The van der Waals surface area contributed by atoms with E-state index in [9.17, 15) is 14.9 Å². The second kappa shape index (κ2) is 10.5. The van der Waals surface area contributed by atoms with Crippen LogP contribution in [0.3, 0.4) is 0 Å². The van der Waals surface area contributed by atoms with Gasteiger partial charge in [-0.3, -0.25) is 4.79 Å². The lowest BCUT2D eigenvalue weighted by molar-refractivity contribution is -0.0770. The summed E-state index contributed by atoms with van der Waals surface area (Å²) in [6.45, 7) is 6.25. The summed E-state index contributed by atoms with van der Waals surface area (Å²) in [5, 5.41) is 20.9. The van der Waals surface area contributed by atoms with Gasteiger partial charge >= 0.3 is 6.09 Å². The third-order valence-corrected chi connectivity index (χ3v) is 7.57. The van der Waals surface area contributed by atoms with Gasteiger partial charge in [-0.05, 0) is 56.9 Å². The maximum absolute atomic E-state index is 13.4. The van der Waals surface area contributed by atoms with Gasteiger partial charge in [-0.2, -0.15) is 5.26 Å². The smallest absolute Gasteiger partial charge is 0.411 e. The summed E-state index contributed by atoms with van der Waals surface area (Å²) in [5.74, 6) is -0.193. The SMILES string of the molecule is C[C@@H](c1ccc(-c2ccc(C(=O)NC3CC3)nn2)cc1)N1CC[C@](CC(C)(C)C#N)(c2ccccc2)OC1=O. The highest BCUT2D eigenvalue weighted by atomic mass is 16.6. The predicted octanol–water partition coefficient (Wildman–Crippen LogP) is 5.77. The van der Waals surface area contributed by atoms with Gasteiger partial charge in [-0.25, -0.2) is 4.79 Å². The number of benzene rings is 2. The molecule has 1 saturated heterocycles. The maximum Gasteiger partial charge on any atom is 0.411 e. The minimum atomic E-state index is -0.849. The highest BCUT2D eigenvalue weighted by Gasteiger charge is 2.46. The van der Waals surface area contributed by atoms with Crippen molar-refractivity contribution < 1.29 is 14.3 Å². The van der Waals surface area contributed by atoms with Crippen molar-refractivity contribution in [3.63, 3.8) is 0 Å². The first-order valence-electron chi connectivity index (χ1n) is 13.4. The van der Waals surface area contributed by atoms with E-state index >= 15 is 0 Å². The van der Waals surface area contributed by atoms with Gasteiger partial charge in [0.25, 0.3) is 5.91 Å². The molecule has 0 radical (unpaired) electrons. The number of amides is 2. The number of carbonyl (C=O) groups is 2. The molecule has 1 N–H and O–H groups in total. The van der Waals surface area contributed by atoms with E-state index < -0.39 is 11.0 Å². The van der Waals surface area contributed by atoms with E-state index in [1.807, 2.05) is 75.4 Å². The molecule has 2 aromatic carbocycles. The van der Waals surface area contributed by atoms with Crippen molar-refractivity contribution in [3.05, 3.63) is 83.6 Å². The van der Waals surface area contributed by atoms with Crippen LogP contribution in [0, 0.1) is 16.7 Å². The first-order valence-corrected chi connectivity index (χ1v) is 13.4. The number of rotatable bonds is 8. The molecule has 0 spiro atoms. The molecule has 1 aliphatic carbocycles. The molecule has 1 saturated carbocycles. The van der Waals surface area contributed by atoms with Crippen molar-refractivity contribution in [2.75, 3.05) is 6.54 Å². The summed E-state index contributed by atoms with van der Waals surface area (Å²) in [5.41, 5.74) is 2.23. The summed E-state index contributed by atoms with van der Waals surface area (Å²) in [6, 6.07) is 23.5. The third-order valence-electron chi connectivity index (χ3n) is 7.57. The van der Waals surface area contributed by atoms with Crippen LogP contribution in [0.15, 0.2) is 66.7 Å². The number of nitrogens with zero attached hydrogens (tertiary/aromatic N) is 4. The molecular formula is C31H33N5O3. The summed E-state index contributed by atoms with van der Waals surface area (Å²) in [4.78, 5) is 27.3. The van der Waals surface area contributed by atoms with E-state index in [0.29, 0.717) is 30.8 Å². The minimum Gasteiger partial charge on any atom is -0.438 e. The number of nitriles is 1. The van der Waals surface area contributed by atoms with Crippen LogP contribution in [0.25, 0.3) is 11.3 Å². The number of aromatic nitrogens is 2. The monoisotopic (exact) mass is 523 g/mol. The van der Waals surface area contributed by atoms with Crippen LogP contribution >= 0.6 is 0 Å². The number of carbonyl (C=O) groups excluding carboxylic acids is 2. The molecule has 2 fully saturated rings. The average Bonchev–Trinajstić information content (AvgIpc) is 3.77. The zero-order valence-corrected chi connectivity index (χ0v) is 22.6. The van der Waals surface area contributed by atoms with Crippen molar-refractivity contribution in [1.29, 1.82) is 5.26 Å². The van der Waals surface area contributed by atoms with Crippen LogP contribution in [0.2, 0.25) is 0 Å². The molecular weight excluding hydrogens is 490 g/mol. The fourth-order valence-electron chi connectivity index (χ4n) is 5.15. The Bertz CT molecular complexity index is 1380. The van der Waals surface area contributed by atoms with Crippen LogP contribution in [-0.4, -0.2) is 39.7 Å². The molecule has 0 unspecified atom stereocenters. The van der Waals surface area contributed by atoms with E-state index in [2.05, 4.69) is 21.6 Å². The quantitative estimate of drug-likeness (QED) is 0.401. The summed E-state index contributed by atoms with van der Waals surface area (Å²) < 4.78 is 6.19. The topological polar surface area (TPSA) is 108 Å². The van der Waals surface area contributed by atoms with Gasteiger partial charge in [0.15, 0.2) is 5.69 Å². The van der Waals surface area contributed by atoms with Gasteiger partial charge in [-0.1, -0.05) is 54.6 Å². The highest BCUT2D eigenvalue weighted by molar-refractivity contribution is 5.92. The van der Waals surface area contributed by atoms with Gasteiger partial charge in [0.2, 0.25) is 0 Å². The predicted molar refractivity (Wildman–Crippen MR) is 146 cm³/mol. The van der Waals surface area contributed by atoms with Gasteiger partial charge in [0, 0.05) is 31.0 Å². The van der Waals surface area contributed by atoms with Crippen LogP contribution in [0.5, 0.6) is 0 Å². The second-order valence-electron chi connectivity index (χ2n) is 11.2. The Hall–Kier alpha value is -4.25. The van der Waals surface area contributed by atoms with Crippen molar-refractivity contribution in [3.8, 4) is 17.3 Å². The molecule has 2 aliphatic rings. The average molecular weight is 524 g/mol. The van der Waals surface area contributed by atoms with E-state index in [1.165, 1.54) is 0 Å². The number of nitrogens with one attached hydrogen (secondary N) is 1. The van der Waals surface area contributed by atoms with E-state index in [-0.39, 0.29) is 24.1 Å². The first kappa shape index (κ1) is 26.4. The molecule has 2 amide bonds. The lowest BCUT2D eigenvalue weighted by Crippen LogP contribution is -2.50. The van der Waals surface area contributed by atoms with Crippen molar-refractivity contribution >= 4 is 12.0 Å². The Morgan fingerprint density at radius 3 is 2.44 bits per heavy atom. The molecule has 5 rings (SSSR count). The second-order valence-corrected chi connectivity index (χ2v) is 11.2. The highest BCUT2D eigenvalue weighted by Crippen LogP contribution is 2.44. The summed E-state index contributed by atoms with van der Waals surface area (Å²) >= 11 is 0. The van der Waals surface area contributed by atoms with Crippen molar-refractivity contribution in [2.45, 2.75) is 64.1 Å². The summed E-state index contributed by atoms with van der Waals surface area (Å²) in [7, 11) is 0. The number of hydrogen-bond donors (Lipinski definition) is 1. The maximum atomic E-state index is 13.4. The molecule has 39 heavy (non-hydrogen) atoms. The Morgan fingerprint density at radius 2 is 1.85 bits per heavy atom. The van der Waals surface area contributed by atoms with E-state index in [0.717, 1.165) is 29.5 Å². The molecule has 8 nitrogen and oxygen atoms in total. The zero-order chi connectivity index (χ0) is 27.6. The van der Waals surface area contributed by atoms with Crippen molar-refractivity contribution in [2.24, 2.45) is 5.41 Å². The fraction of sp³-hybridized carbons (Fsp3) is 0.387. The molecule has 2 heterocycles. The molecule has 8 heteroatoms. The standard InChI is InChI=1S/C31H33N5O3/c1-21(22-9-11-23(12-10-22)26-15-16-27(35-34-26)28(37)33-25-13-14-25)36-18-17-31(39-29(36)38,19-30(2,3)20-32)24-7-5-4-6-8-24/h4-12,15-16,21,25H,13-14,17-19H2,1-3H3,(H,33,37)/t21-,31-/m0/s1. The van der Waals surface area contributed by atoms with E-state index in [1.54, 1.807) is 17.0 Å². The molecule has 1 aromatic heterocycles. The zero-order valence-electron chi connectivity index (χ0n) is 22.6. The minimum absolute atomic E-state index is 0.193. The van der Waals surface area contributed by atoms with E-state index in [4.69, 9.17) is 4.74 Å². The van der Waals surface area contributed by atoms with Crippen molar-refractivity contribution in [1.82, 2.24) is 20.4 Å². The third kappa shape index (κ3) is 5.78. The van der Waals surface area contributed by atoms with Gasteiger partial charge < -0.3 is 15.0 Å². The number of cyclic esters (lactones) is 1. The lowest BCUT2D eigenvalue weighted by Gasteiger charge is -2.45. The largest absolute Gasteiger partial charge is 0.438 e. The Labute approximate surface area is 229 Å². The molecule has 3 aromatic rings. The number of ether oxygens (including phenoxy) is 1. The molecule has 0 bridgehead atoms. The summed E-state index contributed by atoms with van der Waals surface area (Å²) in [6.07, 6.45) is 2.66. The lowest BCUT2D eigenvalue weighted by atomic mass is 9.75. The van der Waals surface area contributed by atoms with Crippen LogP contribution < -0.4 is 5.32 Å². The Kier molecular flexibility index (Phi) is 7.09. The van der Waals surface area contributed by atoms with Crippen LogP contribution in [0.4, 0.5) is 4.79 Å². The number of hydrogen-bond acceptors (Lipinski definition) is 6. The van der Waals surface area contributed by atoms with Gasteiger partial charge in [0.1, 0.15) is 5.60 Å². The fourth-order valence-corrected chi connectivity index (χ4v) is 5.15. The molecule has 200 valence electrons. The van der Waals surface area contributed by atoms with Gasteiger partial charge in [0.05, 0.1) is 23.2 Å². The molecule has 2 atom stereocenters. The van der Waals surface area contributed by atoms with Crippen LogP contribution in [-0.2, 0) is 10.3 Å². The molecule has 1 aliphatic heterocycles. The first-order chi connectivity index (χ1) is 18.7. The van der Waals surface area contributed by atoms with Crippen LogP contribution in [0.1, 0.15) is 74.1 Å². The normalized spacial score (nSPS) is 20.1.